The van der Waals surface area contributed by atoms with E-state index in [0.29, 0.717) is 32.7 Å². The van der Waals surface area contributed by atoms with Crippen molar-refractivity contribution in [1.82, 2.24) is 13.9 Å². The molecule has 3 N–H and O–H groups in total. The van der Waals surface area contributed by atoms with E-state index in [9.17, 15) is 8.42 Å². The molecule has 2 saturated heterocycles. The van der Waals surface area contributed by atoms with E-state index in [1.807, 2.05) is 6.92 Å². The third-order valence-electron chi connectivity index (χ3n) is 3.90. The summed E-state index contributed by atoms with van der Waals surface area (Å²) in [6.07, 6.45) is 3.04. The Bertz CT molecular complexity index is 373. The first-order chi connectivity index (χ1) is 8.57. The summed E-state index contributed by atoms with van der Waals surface area (Å²) >= 11 is 0. The van der Waals surface area contributed by atoms with Crippen LogP contribution in [0, 0.1) is 0 Å². The summed E-state index contributed by atoms with van der Waals surface area (Å²) < 4.78 is 28.6. The maximum absolute atomic E-state index is 12.7. The SMILES string of the molecule is CC1CCCCN1S(=O)(=O)N1CCNCC1CN. The molecule has 2 aliphatic rings. The molecule has 0 amide bonds. The second-order valence-electron chi connectivity index (χ2n) is 5.17. The quantitative estimate of drug-likeness (QED) is 0.717. The summed E-state index contributed by atoms with van der Waals surface area (Å²) in [7, 11) is -3.35. The second kappa shape index (κ2) is 5.83. The Hall–Kier alpha value is -0.210. The van der Waals surface area contributed by atoms with Crippen LogP contribution in [0.25, 0.3) is 0 Å². The first-order valence-electron chi connectivity index (χ1n) is 6.76. The fraction of sp³-hybridized carbons (Fsp3) is 1.00. The van der Waals surface area contributed by atoms with Crippen LogP contribution in [0.2, 0.25) is 0 Å². The lowest BCUT2D eigenvalue weighted by Crippen LogP contribution is -2.61. The van der Waals surface area contributed by atoms with Gasteiger partial charge in [-0.25, -0.2) is 0 Å². The van der Waals surface area contributed by atoms with Gasteiger partial charge in [0, 0.05) is 38.8 Å². The van der Waals surface area contributed by atoms with Gasteiger partial charge in [-0.15, -0.1) is 0 Å². The molecule has 0 aromatic carbocycles. The lowest BCUT2D eigenvalue weighted by molar-refractivity contribution is 0.212. The van der Waals surface area contributed by atoms with Crippen LogP contribution in [0.4, 0.5) is 0 Å². The minimum atomic E-state index is -3.35. The van der Waals surface area contributed by atoms with Crippen molar-refractivity contribution in [3.8, 4) is 0 Å². The number of hydrogen-bond acceptors (Lipinski definition) is 4. The van der Waals surface area contributed by atoms with Crippen molar-refractivity contribution in [3.63, 3.8) is 0 Å². The molecule has 0 spiro atoms. The zero-order valence-electron chi connectivity index (χ0n) is 11.0. The molecule has 2 atom stereocenters. The van der Waals surface area contributed by atoms with Crippen LogP contribution in [0.3, 0.4) is 0 Å². The largest absolute Gasteiger partial charge is 0.329 e. The predicted octanol–water partition coefficient (Wildman–Crippen LogP) is -0.662. The summed E-state index contributed by atoms with van der Waals surface area (Å²) in [6, 6.07) is -0.00469. The number of nitrogens with two attached hydrogens (primary N) is 1. The predicted molar refractivity (Wildman–Crippen MR) is 71.4 cm³/mol. The molecule has 2 aliphatic heterocycles. The van der Waals surface area contributed by atoms with Crippen LogP contribution in [0.1, 0.15) is 26.2 Å². The minimum absolute atomic E-state index is 0.108. The Balaban J connectivity index is 2.17. The zero-order chi connectivity index (χ0) is 13.2. The van der Waals surface area contributed by atoms with Gasteiger partial charge in [0.25, 0.3) is 10.2 Å². The highest BCUT2D eigenvalue weighted by Gasteiger charge is 2.38. The molecule has 106 valence electrons. The molecule has 18 heavy (non-hydrogen) atoms. The van der Waals surface area contributed by atoms with E-state index in [4.69, 9.17) is 5.73 Å². The van der Waals surface area contributed by atoms with Crippen LogP contribution in [-0.4, -0.2) is 61.8 Å². The van der Waals surface area contributed by atoms with Crippen molar-refractivity contribution in [3.05, 3.63) is 0 Å². The van der Waals surface area contributed by atoms with Gasteiger partial charge in [-0.2, -0.15) is 17.0 Å². The normalized spacial score (nSPS) is 32.6. The molecule has 2 fully saturated rings. The summed E-state index contributed by atoms with van der Waals surface area (Å²) in [4.78, 5) is 0. The van der Waals surface area contributed by atoms with Crippen molar-refractivity contribution in [1.29, 1.82) is 0 Å². The van der Waals surface area contributed by atoms with Gasteiger partial charge < -0.3 is 11.1 Å². The number of nitrogens with zero attached hydrogens (tertiary/aromatic N) is 2. The molecular formula is C11H24N4O2S. The van der Waals surface area contributed by atoms with Crippen molar-refractivity contribution >= 4 is 10.2 Å². The Labute approximate surface area is 110 Å². The van der Waals surface area contributed by atoms with E-state index >= 15 is 0 Å². The standard InChI is InChI=1S/C11H24N4O2S/c1-10-4-2-3-6-14(10)18(16,17)15-7-5-13-9-11(15)8-12/h10-11,13H,2-9,12H2,1H3. The molecule has 0 saturated carbocycles. The molecule has 0 aromatic heterocycles. The van der Waals surface area contributed by atoms with Gasteiger partial charge in [0.15, 0.2) is 0 Å². The topological polar surface area (TPSA) is 78.7 Å². The smallest absolute Gasteiger partial charge is 0.282 e. The zero-order valence-corrected chi connectivity index (χ0v) is 11.8. The third kappa shape index (κ3) is 2.70. The maximum Gasteiger partial charge on any atom is 0.282 e. The summed E-state index contributed by atoms with van der Waals surface area (Å²) in [6.45, 7) is 4.89. The molecule has 0 aromatic rings. The van der Waals surface area contributed by atoms with Gasteiger partial charge in [0.05, 0.1) is 6.04 Å². The number of hydrogen-bond donors (Lipinski definition) is 2. The summed E-state index contributed by atoms with van der Waals surface area (Å²) in [5.41, 5.74) is 5.69. The molecule has 2 heterocycles. The van der Waals surface area contributed by atoms with Gasteiger partial charge in [-0.3, -0.25) is 0 Å². The summed E-state index contributed by atoms with van der Waals surface area (Å²) in [5, 5.41) is 3.20. The average molecular weight is 276 g/mol. The van der Waals surface area contributed by atoms with Crippen LogP contribution >= 0.6 is 0 Å². The van der Waals surface area contributed by atoms with E-state index < -0.39 is 10.2 Å². The van der Waals surface area contributed by atoms with Crippen molar-refractivity contribution in [2.24, 2.45) is 5.73 Å². The van der Waals surface area contributed by atoms with Crippen LogP contribution in [0.5, 0.6) is 0 Å². The molecular weight excluding hydrogens is 252 g/mol. The maximum atomic E-state index is 12.7. The van der Waals surface area contributed by atoms with Gasteiger partial charge in [0.1, 0.15) is 0 Å². The van der Waals surface area contributed by atoms with Crippen molar-refractivity contribution in [2.45, 2.75) is 38.3 Å². The fourth-order valence-electron chi connectivity index (χ4n) is 2.80. The monoisotopic (exact) mass is 276 g/mol. The van der Waals surface area contributed by atoms with Crippen LogP contribution < -0.4 is 11.1 Å². The van der Waals surface area contributed by atoms with E-state index in [2.05, 4.69) is 5.32 Å². The van der Waals surface area contributed by atoms with E-state index in [1.165, 1.54) is 0 Å². The molecule has 2 unspecified atom stereocenters. The van der Waals surface area contributed by atoms with Crippen molar-refractivity contribution in [2.75, 3.05) is 32.7 Å². The first kappa shape index (κ1) is 14.2. The van der Waals surface area contributed by atoms with Crippen LogP contribution in [0.15, 0.2) is 0 Å². The lowest BCUT2D eigenvalue weighted by Gasteiger charge is -2.41. The Morgan fingerprint density at radius 3 is 2.72 bits per heavy atom. The Morgan fingerprint density at radius 1 is 1.28 bits per heavy atom. The van der Waals surface area contributed by atoms with Gasteiger partial charge in [-0.1, -0.05) is 6.42 Å². The number of piperazine rings is 1. The lowest BCUT2D eigenvalue weighted by atomic mass is 10.1. The fourth-order valence-corrected chi connectivity index (χ4v) is 4.85. The number of piperidine rings is 1. The van der Waals surface area contributed by atoms with E-state index in [1.54, 1.807) is 8.61 Å². The van der Waals surface area contributed by atoms with Crippen LogP contribution in [-0.2, 0) is 10.2 Å². The molecule has 2 rings (SSSR count). The highest BCUT2D eigenvalue weighted by atomic mass is 32.2. The minimum Gasteiger partial charge on any atom is -0.329 e. The van der Waals surface area contributed by atoms with Gasteiger partial charge >= 0.3 is 0 Å². The van der Waals surface area contributed by atoms with Crippen molar-refractivity contribution < 1.29 is 8.42 Å². The molecule has 0 bridgehead atoms. The van der Waals surface area contributed by atoms with Gasteiger partial charge in [-0.05, 0) is 19.8 Å². The summed E-state index contributed by atoms with van der Waals surface area (Å²) in [5.74, 6) is 0. The Morgan fingerprint density at radius 2 is 2.06 bits per heavy atom. The number of rotatable bonds is 3. The van der Waals surface area contributed by atoms with Gasteiger partial charge in [0.2, 0.25) is 0 Å². The Kier molecular flexibility index (Phi) is 4.60. The molecule has 7 heteroatoms. The average Bonchev–Trinajstić information content (AvgIpc) is 2.39. The highest BCUT2D eigenvalue weighted by molar-refractivity contribution is 7.86. The van der Waals surface area contributed by atoms with E-state index in [-0.39, 0.29) is 12.1 Å². The second-order valence-corrected chi connectivity index (χ2v) is 7.00. The number of nitrogens with one attached hydrogen (secondary N) is 1. The molecule has 6 nitrogen and oxygen atoms in total. The molecule has 0 aliphatic carbocycles. The molecule has 0 radical (unpaired) electrons. The highest BCUT2D eigenvalue weighted by Crippen LogP contribution is 2.23. The first-order valence-corrected chi connectivity index (χ1v) is 8.16. The van der Waals surface area contributed by atoms with E-state index in [0.717, 1.165) is 19.3 Å². The third-order valence-corrected chi connectivity index (χ3v) is 6.11.